The number of anilines is 1. The van der Waals surface area contributed by atoms with Gasteiger partial charge in [0.05, 0.1) is 16.9 Å². The van der Waals surface area contributed by atoms with Gasteiger partial charge in [-0.05, 0) is 24.1 Å². The molecule has 4 heteroatoms. The Balaban J connectivity index is 2.31. The van der Waals surface area contributed by atoms with Crippen LogP contribution in [0.15, 0.2) is 30.6 Å². The van der Waals surface area contributed by atoms with Crippen molar-refractivity contribution in [2.24, 2.45) is 0 Å². The number of hydrogen-bond donors (Lipinski definition) is 1. The number of hydrogen-bond acceptors (Lipinski definition) is 2. The van der Waals surface area contributed by atoms with Crippen molar-refractivity contribution in [2.75, 3.05) is 5.73 Å². The second-order valence-corrected chi connectivity index (χ2v) is 4.14. The molecule has 3 nitrogen and oxygen atoms in total. The second-order valence-electron chi connectivity index (χ2n) is 3.73. The molecule has 0 aliphatic rings. The Labute approximate surface area is 99.8 Å². The van der Waals surface area contributed by atoms with Crippen LogP contribution in [0, 0.1) is 0 Å². The minimum atomic E-state index is 0.584. The Hall–Kier alpha value is -1.48. The zero-order valence-electron chi connectivity index (χ0n) is 9.15. The smallest absolute Gasteiger partial charge is 0.0641 e. The molecule has 0 radical (unpaired) electrons. The first kappa shape index (κ1) is 11.0. The number of nitrogens with zero attached hydrogens (tertiary/aromatic N) is 2. The molecule has 84 valence electrons. The highest BCUT2D eigenvalue weighted by Gasteiger charge is 2.03. The molecule has 1 aromatic carbocycles. The summed E-state index contributed by atoms with van der Waals surface area (Å²) in [6.45, 7) is 3.06. The fourth-order valence-corrected chi connectivity index (χ4v) is 1.75. The van der Waals surface area contributed by atoms with E-state index < -0.39 is 0 Å². The normalized spacial score (nSPS) is 10.6. The molecule has 0 aliphatic heterocycles. The summed E-state index contributed by atoms with van der Waals surface area (Å²) >= 11 is 5.98. The lowest BCUT2D eigenvalue weighted by molar-refractivity contribution is 0.603. The second kappa shape index (κ2) is 4.58. The average molecular weight is 236 g/mol. The molecule has 0 saturated heterocycles. The molecule has 0 aliphatic carbocycles. The SMILES string of the molecule is CCCn1cc(-c2ccc(N)c(Cl)c2)cn1. The molecule has 2 rings (SSSR count). The third kappa shape index (κ3) is 2.19. The molecule has 0 spiro atoms. The van der Waals surface area contributed by atoms with E-state index in [2.05, 4.69) is 12.0 Å². The third-order valence-electron chi connectivity index (χ3n) is 2.42. The van der Waals surface area contributed by atoms with E-state index in [9.17, 15) is 0 Å². The summed E-state index contributed by atoms with van der Waals surface area (Å²) < 4.78 is 1.93. The first-order chi connectivity index (χ1) is 7.70. The third-order valence-corrected chi connectivity index (χ3v) is 2.75. The van der Waals surface area contributed by atoms with E-state index in [0.29, 0.717) is 10.7 Å². The van der Waals surface area contributed by atoms with Gasteiger partial charge in [-0.15, -0.1) is 0 Å². The summed E-state index contributed by atoms with van der Waals surface area (Å²) in [6, 6.07) is 5.63. The number of nitrogens with two attached hydrogens (primary N) is 1. The summed E-state index contributed by atoms with van der Waals surface area (Å²) in [5.41, 5.74) is 8.38. The van der Waals surface area contributed by atoms with Crippen molar-refractivity contribution in [1.82, 2.24) is 9.78 Å². The summed E-state index contributed by atoms with van der Waals surface area (Å²) in [5.74, 6) is 0. The van der Waals surface area contributed by atoms with Crippen LogP contribution in [0.4, 0.5) is 5.69 Å². The van der Waals surface area contributed by atoms with E-state index in [1.807, 2.05) is 35.3 Å². The molecule has 0 atom stereocenters. The van der Waals surface area contributed by atoms with E-state index in [1.165, 1.54) is 0 Å². The van der Waals surface area contributed by atoms with Crippen molar-refractivity contribution in [3.63, 3.8) is 0 Å². The Kier molecular flexibility index (Phi) is 3.15. The van der Waals surface area contributed by atoms with Crippen LogP contribution >= 0.6 is 11.6 Å². The highest BCUT2D eigenvalue weighted by molar-refractivity contribution is 6.33. The van der Waals surface area contributed by atoms with Gasteiger partial charge in [0.25, 0.3) is 0 Å². The highest BCUT2D eigenvalue weighted by Crippen LogP contribution is 2.26. The summed E-state index contributed by atoms with van der Waals surface area (Å²) in [5, 5.41) is 4.86. The van der Waals surface area contributed by atoms with Gasteiger partial charge in [-0.1, -0.05) is 24.6 Å². The highest BCUT2D eigenvalue weighted by atomic mass is 35.5. The van der Waals surface area contributed by atoms with E-state index >= 15 is 0 Å². The quantitative estimate of drug-likeness (QED) is 0.831. The van der Waals surface area contributed by atoms with Gasteiger partial charge in [0.1, 0.15) is 0 Å². The van der Waals surface area contributed by atoms with Crippen molar-refractivity contribution in [2.45, 2.75) is 19.9 Å². The zero-order chi connectivity index (χ0) is 11.5. The van der Waals surface area contributed by atoms with Gasteiger partial charge in [-0.25, -0.2) is 0 Å². The van der Waals surface area contributed by atoms with E-state index in [4.69, 9.17) is 17.3 Å². The average Bonchev–Trinajstić information content (AvgIpc) is 2.71. The van der Waals surface area contributed by atoms with Crippen LogP contribution < -0.4 is 5.73 Å². The Morgan fingerprint density at radius 2 is 2.19 bits per heavy atom. The van der Waals surface area contributed by atoms with Crippen molar-refractivity contribution < 1.29 is 0 Å². The molecule has 0 unspecified atom stereocenters. The van der Waals surface area contributed by atoms with Gasteiger partial charge in [0, 0.05) is 18.3 Å². The summed E-state index contributed by atoms with van der Waals surface area (Å²) in [7, 11) is 0. The van der Waals surface area contributed by atoms with E-state index in [1.54, 1.807) is 0 Å². The fourth-order valence-electron chi connectivity index (χ4n) is 1.57. The maximum absolute atomic E-state index is 5.98. The monoisotopic (exact) mass is 235 g/mol. The predicted octanol–water partition coefficient (Wildman–Crippen LogP) is 3.20. The molecule has 0 fully saturated rings. The van der Waals surface area contributed by atoms with Crippen LogP contribution in [0.2, 0.25) is 5.02 Å². The number of nitrogen functional groups attached to an aromatic ring is 1. The van der Waals surface area contributed by atoms with Crippen LogP contribution in [0.25, 0.3) is 11.1 Å². The number of halogens is 1. The molecule has 2 aromatic rings. The van der Waals surface area contributed by atoms with Crippen molar-refractivity contribution in [3.05, 3.63) is 35.6 Å². The van der Waals surface area contributed by atoms with Gasteiger partial charge in [-0.2, -0.15) is 5.10 Å². The van der Waals surface area contributed by atoms with E-state index in [-0.39, 0.29) is 0 Å². The molecule has 0 bridgehead atoms. The Morgan fingerprint density at radius 3 is 2.88 bits per heavy atom. The number of benzene rings is 1. The molecule has 2 N–H and O–H groups in total. The van der Waals surface area contributed by atoms with Crippen molar-refractivity contribution in [1.29, 1.82) is 0 Å². The zero-order valence-corrected chi connectivity index (χ0v) is 9.91. The molecule has 0 amide bonds. The van der Waals surface area contributed by atoms with Gasteiger partial charge >= 0.3 is 0 Å². The molecule has 0 saturated carbocycles. The number of aryl methyl sites for hydroxylation is 1. The van der Waals surface area contributed by atoms with Crippen molar-refractivity contribution in [3.8, 4) is 11.1 Å². The standard InChI is InChI=1S/C12H14ClN3/c1-2-5-16-8-10(7-15-16)9-3-4-12(14)11(13)6-9/h3-4,6-8H,2,5,14H2,1H3. The fraction of sp³-hybridized carbons (Fsp3) is 0.250. The van der Waals surface area contributed by atoms with Crippen LogP contribution in [0.1, 0.15) is 13.3 Å². The van der Waals surface area contributed by atoms with Crippen LogP contribution in [-0.2, 0) is 6.54 Å². The van der Waals surface area contributed by atoms with Crippen LogP contribution in [-0.4, -0.2) is 9.78 Å². The first-order valence-electron chi connectivity index (χ1n) is 5.28. The van der Waals surface area contributed by atoms with Crippen molar-refractivity contribution >= 4 is 17.3 Å². The molecule has 1 heterocycles. The predicted molar refractivity (Wildman–Crippen MR) is 67.4 cm³/mol. The Bertz CT molecular complexity index is 491. The lowest BCUT2D eigenvalue weighted by Crippen LogP contribution is -1.95. The van der Waals surface area contributed by atoms with Gasteiger partial charge < -0.3 is 5.73 Å². The molecule has 1 aromatic heterocycles. The largest absolute Gasteiger partial charge is 0.398 e. The summed E-state index contributed by atoms with van der Waals surface area (Å²) in [6.07, 6.45) is 4.94. The van der Waals surface area contributed by atoms with Gasteiger partial charge in [0.15, 0.2) is 0 Å². The summed E-state index contributed by atoms with van der Waals surface area (Å²) in [4.78, 5) is 0. The van der Waals surface area contributed by atoms with Crippen LogP contribution in [0.5, 0.6) is 0 Å². The lowest BCUT2D eigenvalue weighted by Gasteiger charge is -2.01. The minimum absolute atomic E-state index is 0.584. The van der Waals surface area contributed by atoms with E-state index in [0.717, 1.165) is 24.1 Å². The topological polar surface area (TPSA) is 43.8 Å². The molecule has 16 heavy (non-hydrogen) atoms. The first-order valence-corrected chi connectivity index (χ1v) is 5.66. The van der Waals surface area contributed by atoms with Crippen LogP contribution in [0.3, 0.4) is 0 Å². The lowest BCUT2D eigenvalue weighted by atomic mass is 10.1. The number of rotatable bonds is 3. The molecular weight excluding hydrogens is 222 g/mol. The maximum atomic E-state index is 5.98. The minimum Gasteiger partial charge on any atom is -0.398 e. The maximum Gasteiger partial charge on any atom is 0.0641 e. The van der Waals surface area contributed by atoms with Gasteiger partial charge in [-0.3, -0.25) is 4.68 Å². The Morgan fingerprint density at radius 1 is 1.38 bits per heavy atom. The number of aromatic nitrogens is 2. The molecular formula is C12H14ClN3. The van der Waals surface area contributed by atoms with Gasteiger partial charge in [0.2, 0.25) is 0 Å².